The first-order chi connectivity index (χ1) is 11.9. The molecule has 2 aromatic rings. The van der Waals surface area contributed by atoms with Gasteiger partial charge in [0.2, 0.25) is 10.0 Å². The number of hydrogen-bond acceptors (Lipinski definition) is 4. The van der Waals surface area contributed by atoms with Gasteiger partial charge in [-0.3, -0.25) is 9.48 Å². The van der Waals surface area contributed by atoms with Crippen LogP contribution in [0.25, 0.3) is 0 Å². The molecule has 0 radical (unpaired) electrons. The van der Waals surface area contributed by atoms with Crippen molar-refractivity contribution in [1.29, 1.82) is 0 Å². The lowest BCUT2D eigenvalue weighted by Gasteiger charge is -2.18. The Morgan fingerprint density at radius 1 is 1.28 bits per heavy atom. The maximum atomic E-state index is 12.7. The average Bonchev–Trinajstić information content (AvgIpc) is 3.26. The van der Waals surface area contributed by atoms with Gasteiger partial charge in [-0.1, -0.05) is 6.07 Å². The van der Waals surface area contributed by atoms with Gasteiger partial charge in [0.1, 0.15) is 0 Å². The molecule has 3 rings (SSSR count). The zero-order valence-electron chi connectivity index (χ0n) is 14.4. The minimum absolute atomic E-state index is 0.176. The largest absolute Gasteiger partial charge is 0.337 e. The lowest BCUT2D eigenvalue weighted by molar-refractivity contribution is 0.0785. The first kappa shape index (κ1) is 17.6. The average molecular weight is 362 g/mol. The summed E-state index contributed by atoms with van der Waals surface area (Å²) in [6, 6.07) is 6.28. The standard InChI is InChI=1S/C17H22N4O3S/c1-19(12-14-11-18-20(2)13-14)17(22)15-6-5-7-16(10-15)25(23,24)21-8-3-4-9-21/h5-7,10-11,13H,3-4,8-9,12H2,1-2H3. The van der Waals surface area contributed by atoms with E-state index in [0.29, 0.717) is 25.2 Å². The van der Waals surface area contributed by atoms with Crippen molar-refractivity contribution in [3.05, 3.63) is 47.8 Å². The number of carbonyl (C=O) groups is 1. The summed E-state index contributed by atoms with van der Waals surface area (Å²) in [5.41, 5.74) is 1.28. The fourth-order valence-corrected chi connectivity index (χ4v) is 4.55. The Hall–Kier alpha value is -2.19. The molecule has 1 aliphatic rings. The smallest absolute Gasteiger partial charge is 0.253 e. The SMILES string of the molecule is CN(Cc1cnn(C)c1)C(=O)c1cccc(S(=O)(=O)N2CCCC2)c1. The highest BCUT2D eigenvalue weighted by Crippen LogP contribution is 2.22. The number of amides is 1. The van der Waals surface area contributed by atoms with Crippen LogP contribution in [0.4, 0.5) is 0 Å². The van der Waals surface area contributed by atoms with Crippen LogP contribution in [0.1, 0.15) is 28.8 Å². The molecule has 7 nitrogen and oxygen atoms in total. The molecular formula is C17H22N4O3S. The van der Waals surface area contributed by atoms with Gasteiger partial charge in [0, 0.05) is 51.1 Å². The third-order valence-electron chi connectivity index (χ3n) is 4.31. The number of sulfonamides is 1. The summed E-state index contributed by atoms with van der Waals surface area (Å²) in [5, 5.41) is 4.09. The molecule has 0 unspecified atom stereocenters. The van der Waals surface area contributed by atoms with Crippen LogP contribution in [0, 0.1) is 0 Å². The van der Waals surface area contributed by atoms with Crippen molar-refractivity contribution in [2.45, 2.75) is 24.3 Å². The molecule has 2 heterocycles. The number of aryl methyl sites for hydroxylation is 1. The summed E-state index contributed by atoms with van der Waals surface area (Å²) in [5.74, 6) is -0.220. The van der Waals surface area contributed by atoms with E-state index < -0.39 is 10.0 Å². The van der Waals surface area contributed by atoms with Crippen molar-refractivity contribution in [3.63, 3.8) is 0 Å². The summed E-state index contributed by atoms with van der Waals surface area (Å²) in [4.78, 5) is 14.4. The Bertz CT molecular complexity index is 870. The summed E-state index contributed by atoms with van der Waals surface area (Å²) in [6.07, 6.45) is 5.31. The Morgan fingerprint density at radius 3 is 2.64 bits per heavy atom. The quantitative estimate of drug-likeness (QED) is 0.807. The number of carbonyl (C=O) groups excluding carboxylic acids is 1. The molecular weight excluding hydrogens is 340 g/mol. The maximum Gasteiger partial charge on any atom is 0.253 e. The number of hydrogen-bond donors (Lipinski definition) is 0. The van der Waals surface area contributed by atoms with Crippen LogP contribution < -0.4 is 0 Å². The number of benzene rings is 1. The molecule has 0 saturated carbocycles. The fraction of sp³-hybridized carbons (Fsp3) is 0.412. The van der Waals surface area contributed by atoms with Crippen molar-refractivity contribution in [2.75, 3.05) is 20.1 Å². The van der Waals surface area contributed by atoms with Gasteiger partial charge >= 0.3 is 0 Å². The highest BCUT2D eigenvalue weighted by Gasteiger charge is 2.27. The van der Waals surface area contributed by atoms with Crippen LogP contribution in [-0.4, -0.2) is 53.4 Å². The monoisotopic (exact) mass is 362 g/mol. The van der Waals surface area contributed by atoms with Crippen molar-refractivity contribution < 1.29 is 13.2 Å². The summed E-state index contributed by atoms with van der Waals surface area (Å²) >= 11 is 0. The Kier molecular flexibility index (Phi) is 4.91. The predicted octanol–water partition coefficient (Wildman–Crippen LogP) is 1.48. The molecule has 0 N–H and O–H groups in total. The van der Waals surface area contributed by atoms with Crippen LogP contribution in [0.5, 0.6) is 0 Å². The molecule has 0 atom stereocenters. The minimum Gasteiger partial charge on any atom is -0.337 e. The van der Waals surface area contributed by atoms with E-state index >= 15 is 0 Å². The Balaban J connectivity index is 1.79. The first-order valence-corrected chi connectivity index (χ1v) is 9.65. The molecule has 25 heavy (non-hydrogen) atoms. The Morgan fingerprint density at radius 2 is 2.00 bits per heavy atom. The van der Waals surface area contributed by atoms with Gasteiger partial charge < -0.3 is 4.90 Å². The van der Waals surface area contributed by atoms with Gasteiger partial charge in [-0.05, 0) is 31.0 Å². The second-order valence-electron chi connectivity index (χ2n) is 6.32. The van der Waals surface area contributed by atoms with Crippen molar-refractivity contribution in [2.24, 2.45) is 7.05 Å². The van der Waals surface area contributed by atoms with E-state index in [1.165, 1.54) is 10.4 Å². The third-order valence-corrected chi connectivity index (χ3v) is 6.20. The lowest BCUT2D eigenvalue weighted by Crippen LogP contribution is -2.29. The highest BCUT2D eigenvalue weighted by atomic mass is 32.2. The van der Waals surface area contributed by atoms with Gasteiger partial charge in [-0.2, -0.15) is 9.40 Å². The zero-order valence-corrected chi connectivity index (χ0v) is 15.2. The summed E-state index contributed by atoms with van der Waals surface area (Å²) in [6.45, 7) is 1.50. The zero-order chi connectivity index (χ0) is 18.0. The molecule has 1 fully saturated rings. The van der Waals surface area contributed by atoms with Crippen molar-refractivity contribution in [3.8, 4) is 0 Å². The van der Waals surface area contributed by atoms with E-state index in [2.05, 4.69) is 5.10 Å². The lowest BCUT2D eigenvalue weighted by atomic mass is 10.2. The van der Waals surface area contributed by atoms with Gasteiger partial charge in [-0.15, -0.1) is 0 Å². The van der Waals surface area contributed by atoms with E-state index in [4.69, 9.17) is 0 Å². The van der Waals surface area contributed by atoms with Gasteiger partial charge in [0.05, 0.1) is 11.1 Å². The summed E-state index contributed by atoms with van der Waals surface area (Å²) < 4.78 is 28.5. The van der Waals surface area contributed by atoms with Gasteiger partial charge in [0.15, 0.2) is 0 Å². The fourth-order valence-electron chi connectivity index (χ4n) is 2.99. The first-order valence-electron chi connectivity index (χ1n) is 8.21. The minimum atomic E-state index is -3.53. The topological polar surface area (TPSA) is 75.5 Å². The van der Waals surface area contributed by atoms with Crippen LogP contribution >= 0.6 is 0 Å². The van der Waals surface area contributed by atoms with E-state index in [-0.39, 0.29) is 10.8 Å². The van der Waals surface area contributed by atoms with Crippen LogP contribution in [0.15, 0.2) is 41.6 Å². The molecule has 1 aliphatic heterocycles. The predicted molar refractivity (Wildman–Crippen MR) is 93.4 cm³/mol. The van der Waals surface area contributed by atoms with Crippen LogP contribution in [0.2, 0.25) is 0 Å². The maximum absolute atomic E-state index is 12.7. The molecule has 0 bridgehead atoms. The number of aromatic nitrogens is 2. The van der Waals surface area contributed by atoms with E-state index in [1.54, 1.807) is 41.0 Å². The second-order valence-corrected chi connectivity index (χ2v) is 8.26. The van der Waals surface area contributed by atoms with E-state index in [1.807, 2.05) is 13.2 Å². The van der Waals surface area contributed by atoms with E-state index in [9.17, 15) is 13.2 Å². The van der Waals surface area contributed by atoms with E-state index in [0.717, 1.165) is 18.4 Å². The van der Waals surface area contributed by atoms with Gasteiger partial charge in [0.25, 0.3) is 5.91 Å². The second kappa shape index (κ2) is 6.97. The van der Waals surface area contributed by atoms with Crippen LogP contribution in [-0.2, 0) is 23.6 Å². The molecule has 1 saturated heterocycles. The number of rotatable bonds is 5. The van der Waals surface area contributed by atoms with Crippen molar-refractivity contribution in [1.82, 2.24) is 19.0 Å². The molecule has 8 heteroatoms. The molecule has 1 aromatic heterocycles. The van der Waals surface area contributed by atoms with Crippen molar-refractivity contribution >= 4 is 15.9 Å². The molecule has 134 valence electrons. The number of nitrogens with zero attached hydrogens (tertiary/aromatic N) is 4. The molecule has 0 spiro atoms. The summed E-state index contributed by atoms with van der Waals surface area (Å²) in [7, 11) is -0.0178. The third kappa shape index (κ3) is 3.74. The molecule has 1 aromatic carbocycles. The molecule has 0 aliphatic carbocycles. The normalized spacial score (nSPS) is 15.4. The molecule has 1 amide bonds. The van der Waals surface area contributed by atoms with Crippen LogP contribution in [0.3, 0.4) is 0 Å². The Labute approximate surface area is 147 Å². The highest BCUT2D eigenvalue weighted by molar-refractivity contribution is 7.89. The van der Waals surface area contributed by atoms with Gasteiger partial charge in [-0.25, -0.2) is 8.42 Å².